The lowest BCUT2D eigenvalue weighted by Crippen LogP contribution is -2.32. The van der Waals surface area contributed by atoms with Crippen molar-refractivity contribution in [3.05, 3.63) is 36.9 Å². The molecule has 7 nitrogen and oxygen atoms in total. The molecule has 0 heterocycles. The summed E-state index contributed by atoms with van der Waals surface area (Å²) in [5.74, 6) is 0. The van der Waals surface area contributed by atoms with E-state index in [9.17, 15) is 14.7 Å². The maximum Gasteiger partial charge on any atom is 0.413 e. The van der Waals surface area contributed by atoms with Crippen LogP contribution in [0.5, 0.6) is 0 Å². The third-order valence-electron chi connectivity index (χ3n) is 2.50. The summed E-state index contributed by atoms with van der Waals surface area (Å²) in [6, 6.07) is 6.22. The first-order valence-electron chi connectivity index (χ1n) is 6.23. The molecule has 1 rings (SSSR count). The molecule has 0 fully saturated rings. The Hall–Kier alpha value is -2.54. The molecule has 3 amide bonds. The fourth-order valence-electron chi connectivity index (χ4n) is 1.45. The second-order valence-electron chi connectivity index (χ2n) is 4.37. The van der Waals surface area contributed by atoms with Gasteiger partial charge in [-0.1, -0.05) is 12.1 Å². The van der Waals surface area contributed by atoms with Crippen molar-refractivity contribution in [3.8, 4) is 0 Å². The lowest BCUT2D eigenvalue weighted by Gasteiger charge is -2.20. The van der Waals surface area contributed by atoms with Crippen LogP contribution in [-0.4, -0.2) is 49.6 Å². The molecule has 0 unspecified atom stereocenters. The number of carbonyl (C=O) groups excluding carboxylic acids is 1. The van der Waals surface area contributed by atoms with Gasteiger partial charge in [-0.05, 0) is 18.2 Å². The van der Waals surface area contributed by atoms with Crippen LogP contribution in [-0.2, 0) is 4.74 Å². The van der Waals surface area contributed by atoms with Crippen LogP contribution in [0.2, 0.25) is 0 Å². The number of urea groups is 1. The van der Waals surface area contributed by atoms with E-state index in [1.807, 2.05) is 0 Å². The molecule has 0 saturated heterocycles. The van der Waals surface area contributed by atoms with Crippen molar-refractivity contribution in [2.75, 3.05) is 37.6 Å². The van der Waals surface area contributed by atoms with E-state index < -0.39 is 6.09 Å². The fourth-order valence-corrected chi connectivity index (χ4v) is 1.45. The number of benzene rings is 1. The molecule has 0 spiro atoms. The molecule has 0 atom stereocenters. The number of hydrogen-bond donors (Lipinski definition) is 2. The Kier molecular flexibility index (Phi) is 6.22. The minimum absolute atomic E-state index is 0.119. The average Bonchev–Trinajstić information content (AvgIpc) is 2.43. The minimum Gasteiger partial charge on any atom is -0.465 e. The van der Waals surface area contributed by atoms with Crippen molar-refractivity contribution in [1.29, 1.82) is 0 Å². The third kappa shape index (κ3) is 5.15. The molecule has 114 valence electrons. The highest BCUT2D eigenvalue weighted by Crippen LogP contribution is 2.20. The van der Waals surface area contributed by atoms with Crippen molar-refractivity contribution in [3.63, 3.8) is 0 Å². The normalized spacial score (nSPS) is 9.81. The largest absolute Gasteiger partial charge is 0.465 e. The summed E-state index contributed by atoms with van der Waals surface area (Å²) < 4.78 is 5.15. The van der Waals surface area contributed by atoms with E-state index in [1.54, 1.807) is 38.4 Å². The monoisotopic (exact) mass is 293 g/mol. The van der Waals surface area contributed by atoms with Gasteiger partial charge >= 0.3 is 12.1 Å². The van der Waals surface area contributed by atoms with Gasteiger partial charge in [-0.25, -0.2) is 9.59 Å². The van der Waals surface area contributed by atoms with Crippen LogP contribution in [0.15, 0.2) is 36.9 Å². The van der Waals surface area contributed by atoms with Gasteiger partial charge in [0.25, 0.3) is 0 Å². The highest BCUT2D eigenvalue weighted by atomic mass is 16.5. The van der Waals surface area contributed by atoms with Crippen LogP contribution in [0.25, 0.3) is 0 Å². The van der Waals surface area contributed by atoms with Gasteiger partial charge in [0, 0.05) is 19.8 Å². The molecule has 0 saturated carbocycles. The topological polar surface area (TPSA) is 82.1 Å². The first-order chi connectivity index (χ1) is 9.95. The molecule has 0 aromatic heterocycles. The van der Waals surface area contributed by atoms with Crippen molar-refractivity contribution < 1.29 is 19.4 Å². The van der Waals surface area contributed by atoms with E-state index in [2.05, 4.69) is 11.9 Å². The maximum atomic E-state index is 11.6. The highest BCUT2D eigenvalue weighted by molar-refractivity contribution is 5.91. The molecule has 0 aliphatic heterocycles. The zero-order chi connectivity index (χ0) is 15.8. The van der Waals surface area contributed by atoms with E-state index in [0.717, 1.165) is 4.90 Å². The first-order valence-corrected chi connectivity index (χ1v) is 6.23. The quantitative estimate of drug-likeness (QED) is 0.479. The fraction of sp³-hybridized carbons (Fsp3) is 0.286. The predicted octanol–water partition coefficient (Wildman–Crippen LogP) is 2.42. The molecule has 0 aliphatic carbocycles. The lowest BCUT2D eigenvalue weighted by atomic mass is 10.2. The minimum atomic E-state index is -1.14. The molecule has 0 bridgehead atoms. The van der Waals surface area contributed by atoms with Gasteiger partial charge in [0.1, 0.15) is 6.73 Å². The number of nitrogens with zero attached hydrogens (tertiary/aromatic N) is 2. The molecule has 0 radical (unpaired) electrons. The summed E-state index contributed by atoms with van der Waals surface area (Å²) in [6.45, 7) is 3.63. The van der Waals surface area contributed by atoms with Crippen LogP contribution in [0, 0.1) is 0 Å². The zero-order valence-corrected chi connectivity index (χ0v) is 12.1. The van der Waals surface area contributed by atoms with Gasteiger partial charge in [0.15, 0.2) is 0 Å². The number of carbonyl (C=O) groups is 2. The molecular weight excluding hydrogens is 274 g/mol. The number of anilines is 2. The van der Waals surface area contributed by atoms with Crippen LogP contribution in [0.1, 0.15) is 0 Å². The smallest absolute Gasteiger partial charge is 0.413 e. The Morgan fingerprint density at radius 2 is 2.14 bits per heavy atom. The van der Waals surface area contributed by atoms with E-state index in [1.165, 1.54) is 11.0 Å². The van der Waals surface area contributed by atoms with Crippen molar-refractivity contribution in [1.82, 2.24) is 4.90 Å². The molecule has 0 aliphatic rings. The van der Waals surface area contributed by atoms with Gasteiger partial charge < -0.3 is 20.1 Å². The summed E-state index contributed by atoms with van der Waals surface area (Å²) in [5, 5.41) is 11.9. The SMILES string of the molecule is C=CCOCN(C(=O)O)c1cccc(NC(=O)N(C)C)c1. The summed E-state index contributed by atoms with van der Waals surface area (Å²) in [7, 11) is 3.23. The van der Waals surface area contributed by atoms with Crippen molar-refractivity contribution in [2.45, 2.75) is 0 Å². The Balaban J connectivity index is 2.86. The number of nitrogens with one attached hydrogen (secondary N) is 1. The number of carboxylic acid groups (broad SMARTS) is 1. The number of rotatable bonds is 6. The van der Waals surface area contributed by atoms with E-state index in [4.69, 9.17) is 4.74 Å². The Morgan fingerprint density at radius 1 is 1.43 bits per heavy atom. The molecule has 21 heavy (non-hydrogen) atoms. The number of ether oxygens (including phenoxy) is 1. The van der Waals surface area contributed by atoms with Crippen molar-refractivity contribution >= 4 is 23.5 Å². The van der Waals surface area contributed by atoms with E-state index in [0.29, 0.717) is 11.4 Å². The molecular formula is C14H19N3O4. The second kappa shape index (κ2) is 7.91. The summed E-state index contributed by atoms with van der Waals surface area (Å²) >= 11 is 0. The van der Waals surface area contributed by atoms with E-state index >= 15 is 0 Å². The standard InChI is InChI=1S/C14H19N3O4/c1-4-8-21-10-17(14(19)20)12-7-5-6-11(9-12)15-13(18)16(2)3/h4-7,9H,1,8,10H2,2-3H3,(H,15,18)(H,19,20). The van der Waals surface area contributed by atoms with E-state index in [-0.39, 0.29) is 19.4 Å². The van der Waals surface area contributed by atoms with Crippen molar-refractivity contribution in [2.24, 2.45) is 0 Å². The third-order valence-corrected chi connectivity index (χ3v) is 2.50. The number of hydrogen-bond acceptors (Lipinski definition) is 3. The summed E-state index contributed by atoms with van der Waals surface area (Å²) in [5.41, 5.74) is 0.907. The number of amides is 3. The molecule has 7 heteroatoms. The highest BCUT2D eigenvalue weighted by Gasteiger charge is 2.15. The van der Waals surface area contributed by atoms with Crippen LogP contribution < -0.4 is 10.2 Å². The van der Waals surface area contributed by atoms with Gasteiger partial charge in [-0.2, -0.15) is 0 Å². The Labute approximate surface area is 123 Å². The molecule has 1 aromatic rings. The van der Waals surface area contributed by atoms with Gasteiger partial charge in [0.2, 0.25) is 0 Å². The zero-order valence-electron chi connectivity index (χ0n) is 12.1. The first kappa shape index (κ1) is 16.5. The van der Waals surface area contributed by atoms with Gasteiger partial charge in [-0.3, -0.25) is 4.90 Å². The predicted molar refractivity (Wildman–Crippen MR) is 80.7 cm³/mol. The summed E-state index contributed by atoms with van der Waals surface area (Å²) in [6.07, 6.45) is 0.392. The second-order valence-corrected chi connectivity index (χ2v) is 4.37. The Morgan fingerprint density at radius 3 is 2.71 bits per heavy atom. The lowest BCUT2D eigenvalue weighted by molar-refractivity contribution is 0.148. The van der Waals surface area contributed by atoms with Crippen LogP contribution in [0.3, 0.4) is 0 Å². The van der Waals surface area contributed by atoms with Crippen LogP contribution >= 0.6 is 0 Å². The van der Waals surface area contributed by atoms with Crippen LogP contribution in [0.4, 0.5) is 21.0 Å². The molecule has 2 N–H and O–H groups in total. The summed E-state index contributed by atoms with van der Waals surface area (Å²) in [4.78, 5) is 25.3. The van der Waals surface area contributed by atoms with Gasteiger partial charge in [0.05, 0.1) is 12.3 Å². The average molecular weight is 293 g/mol. The Bertz CT molecular complexity index is 517. The van der Waals surface area contributed by atoms with Gasteiger partial charge in [-0.15, -0.1) is 6.58 Å². The molecule has 1 aromatic carbocycles. The maximum absolute atomic E-state index is 11.6.